The van der Waals surface area contributed by atoms with Crippen molar-refractivity contribution >= 4 is 22.8 Å². The lowest BCUT2D eigenvalue weighted by Gasteiger charge is -2.56. The summed E-state index contributed by atoms with van der Waals surface area (Å²) in [7, 11) is 0. The van der Waals surface area contributed by atoms with Crippen LogP contribution in [0.2, 0.25) is 0 Å². The van der Waals surface area contributed by atoms with Crippen molar-refractivity contribution in [3.8, 4) is 34.2 Å². The first-order chi connectivity index (χ1) is 22.8. The molecule has 0 radical (unpaired) electrons. The number of fused-ring (bicyclic) bond motifs is 3. The van der Waals surface area contributed by atoms with Crippen LogP contribution in [-0.4, -0.2) is 83.8 Å². The molecule has 47 heavy (non-hydrogen) atoms. The number of hydrogen-bond acceptors (Lipinski definition) is 8. The number of anilines is 1. The molecular weight excluding hydrogens is 597 g/mol. The van der Waals surface area contributed by atoms with Gasteiger partial charge in [-0.3, -0.25) is 14.4 Å². The van der Waals surface area contributed by atoms with E-state index in [-0.39, 0.29) is 23.5 Å². The number of nitrogens with one attached hydrogen (secondary N) is 1. The average molecular weight is 632 g/mol. The van der Waals surface area contributed by atoms with Crippen LogP contribution in [-0.2, 0) is 11.3 Å². The fourth-order valence-electron chi connectivity index (χ4n) is 7.49. The smallest absolute Gasteiger partial charge is 0.219 e. The lowest BCUT2D eigenvalue weighted by molar-refractivity contribution is -0.130. The standard InChI is InChI=1S/C35H34FN9O2/c1-21(46)42-8-2-3-27(18-42)45-17-25(15-40-45)31-11-30-34(24(12-37)14-39-35(30)41-31)22-4-7-33(38-13-22)43-19-28-10-29(20-43)44(28)16-23-9-26(36)5-6-32(23)47/h4-7,9,11,13-15,17,27-29,47H,2-3,8,10,16,18-20H2,1H3,(H,39,41)/t27-,28?,29?/m0/s1. The van der Waals surface area contributed by atoms with Crippen molar-refractivity contribution in [1.82, 2.24) is 34.5 Å². The van der Waals surface area contributed by atoms with E-state index in [9.17, 15) is 19.6 Å². The molecule has 4 aliphatic rings. The predicted molar refractivity (Wildman–Crippen MR) is 174 cm³/mol. The predicted octanol–water partition coefficient (Wildman–Crippen LogP) is 4.85. The Morgan fingerprint density at radius 1 is 1.06 bits per heavy atom. The van der Waals surface area contributed by atoms with E-state index in [1.165, 1.54) is 18.2 Å². The lowest BCUT2D eigenvalue weighted by atomic mass is 9.86. The van der Waals surface area contributed by atoms with E-state index in [1.54, 1.807) is 13.1 Å². The van der Waals surface area contributed by atoms with Gasteiger partial charge < -0.3 is 19.9 Å². The highest BCUT2D eigenvalue weighted by atomic mass is 19.1. The highest BCUT2D eigenvalue weighted by Gasteiger charge is 2.45. The number of nitrogens with zero attached hydrogens (tertiary/aromatic N) is 8. The molecule has 2 unspecified atom stereocenters. The molecule has 0 saturated carbocycles. The fraction of sp³-hybridized carbons (Fsp3) is 0.343. The third-order valence-corrected chi connectivity index (χ3v) is 10.0. The Kier molecular flexibility index (Phi) is 7.14. The molecule has 2 N–H and O–H groups in total. The zero-order chi connectivity index (χ0) is 32.2. The summed E-state index contributed by atoms with van der Waals surface area (Å²) < 4.78 is 15.7. The molecule has 5 aromatic rings. The number of benzene rings is 1. The monoisotopic (exact) mass is 631 g/mol. The maximum atomic E-state index is 13.8. The van der Waals surface area contributed by atoms with Gasteiger partial charge in [0.2, 0.25) is 5.91 Å². The van der Waals surface area contributed by atoms with Gasteiger partial charge in [0.1, 0.15) is 29.1 Å². The van der Waals surface area contributed by atoms with Gasteiger partial charge in [0, 0.05) is 98.0 Å². The van der Waals surface area contributed by atoms with Gasteiger partial charge >= 0.3 is 0 Å². The second-order valence-corrected chi connectivity index (χ2v) is 12.9. The van der Waals surface area contributed by atoms with Gasteiger partial charge in [-0.05, 0) is 55.7 Å². The molecule has 4 aliphatic heterocycles. The summed E-state index contributed by atoms with van der Waals surface area (Å²) in [5.74, 6) is 0.739. The van der Waals surface area contributed by atoms with Crippen molar-refractivity contribution in [2.24, 2.45) is 0 Å². The van der Waals surface area contributed by atoms with Crippen LogP contribution in [0.15, 0.2) is 61.2 Å². The number of amides is 1. The van der Waals surface area contributed by atoms with E-state index in [1.807, 2.05) is 46.4 Å². The van der Waals surface area contributed by atoms with Gasteiger partial charge in [-0.25, -0.2) is 14.4 Å². The van der Waals surface area contributed by atoms with Crippen LogP contribution < -0.4 is 4.90 Å². The summed E-state index contributed by atoms with van der Waals surface area (Å²) in [5, 5.41) is 25.7. The highest BCUT2D eigenvalue weighted by Crippen LogP contribution is 2.38. The van der Waals surface area contributed by atoms with E-state index in [0.717, 1.165) is 72.5 Å². The molecule has 238 valence electrons. The van der Waals surface area contributed by atoms with Crippen molar-refractivity contribution in [2.45, 2.75) is 50.9 Å². The number of halogens is 1. The quantitative estimate of drug-likeness (QED) is 0.272. The Labute approximate surface area is 270 Å². The number of likely N-dealkylation sites (tertiary alicyclic amines) is 1. The maximum Gasteiger partial charge on any atom is 0.219 e. The number of pyridine rings is 2. The summed E-state index contributed by atoms with van der Waals surface area (Å²) in [6.45, 7) is 5.16. The molecule has 4 saturated heterocycles. The summed E-state index contributed by atoms with van der Waals surface area (Å²) in [6.07, 6.45) is 10.2. The molecular formula is C35H34FN9O2. The maximum absolute atomic E-state index is 13.8. The van der Waals surface area contributed by atoms with E-state index in [0.29, 0.717) is 41.9 Å². The number of phenolic OH excluding ortho intramolecular Hbond substituents is 1. The Morgan fingerprint density at radius 3 is 2.68 bits per heavy atom. The molecule has 4 fully saturated rings. The number of aromatic nitrogens is 5. The number of carbonyl (C=O) groups excluding carboxylic acids is 1. The zero-order valence-corrected chi connectivity index (χ0v) is 26.0. The third-order valence-electron chi connectivity index (χ3n) is 10.0. The van der Waals surface area contributed by atoms with Crippen LogP contribution in [0.1, 0.15) is 43.4 Å². The summed E-state index contributed by atoms with van der Waals surface area (Å²) in [5.41, 5.74) is 5.12. The van der Waals surface area contributed by atoms with E-state index in [2.05, 4.69) is 30.9 Å². The molecule has 0 spiro atoms. The number of aromatic hydroxyl groups is 1. The van der Waals surface area contributed by atoms with Crippen LogP contribution in [0, 0.1) is 17.1 Å². The van der Waals surface area contributed by atoms with Gasteiger partial charge in [0.15, 0.2) is 0 Å². The minimum Gasteiger partial charge on any atom is -0.508 e. The summed E-state index contributed by atoms with van der Waals surface area (Å²) in [4.78, 5) is 31.2. The first-order valence-electron chi connectivity index (χ1n) is 16.0. The highest BCUT2D eigenvalue weighted by molar-refractivity contribution is 5.98. The molecule has 2 bridgehead atoms. The Balaban J connectivity index is 1.01. The van der Waals surface area contributed by atoms with Crippen molar-refractivity contribution in [1.29, 1.82) is 5.26 Å². The number of rotatable bonds is 6. The number of hydrogen-bond donors (Lipinski definition) is 2. The number of carbonyl (C=O) groups is 1. The van der Waals surface area contributed by atoms with Crippen molar-refractivity contribution < 1.29 is 14.3 Å². The Morgan fingerprint density at radius 2 is 1.91 bits per heavy atom. The normalized spacial score (nSPS) is 21.1. The first kappa shape index (κ1) is 29.1. The van der Waals surface area contributed by atoms with Gasteiger partial charge in [-0.15, -0.1) is 0 Å². The van der Waals surface area contributed by atoms with Gasteiger partial charge in [0.05, 0.1) is 23.5 Å². The molecule has 4 aromatic heterocycles. The van der Waals surface area contributed by atoms with Crippen LogP contribution in [0.3, 0.4) is 0 Å². The molecule has 11 nitrogen and oxygen atoms in total. The topological polar surface area (TPSA) is 130 Å². The number of nitriles is 1. The minimum atomic E-state index is -0.342. The third kappa shape index (κ3) is 5.26. The average Bonchev–Trinajstić information content (AvgIpc) is 3.76. The molecule has 12 heteroatoms. The van der Waals surface area contributed by atoms with Crippen LogP contribution in [0.4, 0.5) is 10.2 Å². The van der Waals surface area contributed by atoms with Crippen LogP contribution in [0.5, 0.6) is 5.75 Å². The van der Waals surface area contributed by atoms with Crippen molar-refractivity contribution in [2.75, 3.05) is 31.1 Å². The number of H-pyrrole nitrogens is 1. The van der Waals surface area contributed by atoms with Gasteiger partial charge in [0.25, 0.3) is 0 Å². The van der Waals surface area contributed by atoms with Crippen molar-refractivity contribution in [3.63, 3.8) is 0 Å². The minimum absolute atomic E-state index is 0.0887. The number of phenols is 1. The summed E-state index contributed by atoms with van der Waals surface area (Å²) in [6, 6.07) is 13.2. The number of aromatic amines is 1. The second-order valence-electron chi connectivity index (χ2n) is 12.9. The molecule has 3 atom stereocenters. The van der Waals surface area contributed by atoms with E-state index in [4.69, 9.17) is 4.98 Å². The largest absolute Gasteiger partial charge is 0.508 e. The van der Waals surface area contributed by atoms with Crippen LogP contribution >= 0.6 is 0 Å². The molecule has 9 rings (SSSR count). The summed E-state index contributed by atoms with van der Waals surface area (Å²) >= 11 is 0. The van der Waals surface area contributed by atoms with Crippen molar-refractivity contribution in [3.05, 3.63) is 78.1 Å². The van der Waals surface area contributed by atoms with Gasteiger partial charge in [-0.2, -0.15) is 10.4 Å². The molecule has 1 amide bonds. The van der Waals surface area contributed by atoms with E-state index < -0.39 is 0 Å². The second kappa shape index (κ2) is 11.5. The van der Waals surface area contributed by atoms with E-state index >= 15 is 0 Å². The fourth-order valence-corrected chi connectivity index (χ4v) is 7.49. The molecule has 1 aromatic carbocycles. The molecule has 8 heterocycles. The number of piperidine rings is 2. The van der Waals surface area contributed by atoms with Crippen LogP contribution in [0.25, 0.3) is 33.4 Å². The zero-order valence-electron chi connectivity index (χ0n) is 26.0. The first-order valence-corrected chi connectivity index (χ1v) is 16.0. The van der Waals surface area contributed by atoms with Gasteiger partial charge in [-0.1, -0.05) is 0 Å². The lowest BCUT2D eigenvalue weighted by Crippen LogP contribution is -2.68. The SMILES string of the molecule is CC(=O)N1CCC[C@H](n2cc(-c3cc4c(-c5ccc(N6CC7CC(C6)N7Cc6cc(F)ccc6O)nc5)c(C#N)cnc4[nH]3)cn2)C1. The number of piperazine rings is 1. The Bertz CT molecular complexity index is 2020. The Hall–Kier alpha value is -5.28. The molecule has 0 aliphatic carbocycles.